The lowest BCUT2D eigenvalue weighted by atomic mass is 10.00. The highest BCUT2D eigenvalue weighted by atomic mass is 14.7. The summed E-state index contributed by atoms with van der Waals surface area (Å²) in [5, 5.41) is 1.34. The van der Waals surface area contributed by atoms with Gasteiger partial charge in [0.25, 0.3) is 0 Å². The topological polar surface area (TPSA) is 15.8 Å². The second-order valence-electron chi connectivity index (χ2n) is 4.57. The molecule has 0 spiro atoms. The van der Waals surface area contributed by atoms with Gasteiger partial charge in [-0.25, -0.2) is 0 Å². The molecule has 3 rings (SSSR count). The van der Waals surface area contributed by atoms with Crippen LogP contribution in [0.25, 0.3) is 22.0 Å². The van der Waals surface area contributed by atoms with E-state index in [1.54, 1.807) is 0 Å². The monoisotopic (exact) mass is 221 g/mol. The van der Waals surface area contributed by atoms with E-state index in [1.165, 1.54) is 33.2 Å². The van der Waals surface area contributed by atoms with Gasteiger partial charge in [-0.1, -0.05) is 36.4 Å². The highest BCUT2D eigenvalue weighted by Crippen LogP contribution is 2.31. The zero-order valence-electron chi connectivity index (χ0n) is 10.1. The molecule has 0 saturated heterocycles. The van der Waals surface area contributed by atoms with Crippen molar-refractivity contribution >= 4 is 10.9 Å². The number of H-pyrrole nitrogens is 1. The zero-order valence-corrected chi connectivity index (χ0v) is 10.1. The lowest BCUT2D eigenvalue weighted by Crippen LogP contribution is -1.81. The fourth-order valence-electron chi connectivity index (χ4n) is 2.51. The van der Waals surface area contributed by atoms with Gasteiger partial charge >= 0.3 is 0 Å². The predicted molar refractivity (Wildman–Crippen MR) is 73.2 cm³/mol. The van der Waals surface area contributed by atoms with E-state index in [-0.39, 0.29) is 0 Å². The van der Waals surface area contributed by atoms with E-state index in [2.05, 4.69) is 67.5 Å². The Morgan fingerprint density at radius 3 is 2.47 bits per heavy atom. The molecule has 1 heteroatoms. The second kappa shape index (κ2) is 3.77. The van der Waals surface area contributed by atoms with Crippen molar-refractivity contribution in [2.24, 2.45) is 0 Å². The van der Waals surface area contributed by atoms with Crippen LogP contribution < -0.4 is 0 Å². The van der Waals surface area contributed by atoms with E-state index in [4.69, 9.17) is 0 Å². The highest BCUT2D eigenvalue weighted by molar-refractivity contribution is 5.98. The van der Waals surface area contributed by atoms with Crippen LogP contribution in [0.4, 0.5) is 0 Å². The number of aromatic nitrogens is 1. The lowest BCUT2D eigenvalue weighted by molar-refractivity contribution is 1.41. The molecule has 84 valence electrons. The first-order valence-corrected chi connectivity index (χ1v) is 5.89. The standard InChI is InChI=1S/C16H15N/c1-11-8-12(2)16-14(10-17-15(16)9-11)13-6-4-3-5-7-13/h3-10,17H,1-2H3. The fraction of sp³-hybridized carbons (Fsp3) is 0.125. The molecule has 0 bridgehead atoms. The average Bonchev–Trinajstić information content (AvgIpc) is 2.74. The number of hydrogen-bond donors (Lipinski definition) is 1. The van der Waals surface area contributed by atoms with Gasteiger partial charge in [-0.3, -0.25) is 0 Å². The number of benzene rings is 2. The lowest BCUT2D eigenvalue weighted by Gasteiger charge is -2.03. The van der Waals surface area contributed by atoms with Crippen LogP contribution in [0.3, 0.4) is 0 Å². The Balaban J connectivity index is 2.32. The molecule has 0 aliphatic heterocycles. The minimum atomic E-state index is 1.22. The van der Waals surface area contributed by atoms with Crippen LogP contribution in [0, 0.1) is 13.8 Å². The molecule has 1 aromatic heterocycles. The summed E-state index contributed by atoms with van der Waals surface area (Å²) in [7, 11) is 0. The zero-order chi connectivity index (χ0) is 11.8. The maximum absolute atomic E-state index is 3.37. The Hall–Kier alpha value is -2.02. The Bertz CT molecular complexity index is 663. The quantitative estimate of drug-likeness (QED) is 0.624. The molecule has 3 aromatic rings. The Morgan fingerprint density at radius 1 is 0.941 bits per heavy atom. The van der Waals surface area contributed by atoms with Gasteiger partial charge in [-0.15, -0.1) is 0 Å². The van der Waals surface area contributed by atoms with Crippen molar-refractivity contribution in [3.63, 3.8) is 0 Å². The van der Waals surface area contributed by atoms with E-state index in [1.807, 2.05) is 0 Å². The van der Waals surface area contributed by atoms with Crippen molar-refractivity contribution in [2.45, 2.75) is 13.8 Å². The van der Waals surface area contributed by atoms with E-state index < -0.39 is 0 Å². The van der Waals surface area contributed by atoms with Crippen molar-refractivity contribution in [2.75, 3.05) is 0 Å². The molecular weight excluding hydrogens is 206 g/mol. The van der Waals surface area contributed by atoms with E-state index in [9.17, 15) is 0 Å². The molecule has 0 saturated carbocycles. The molecule has 17 heavy (non-hydrogen) atoms. The van der Waals surface area contributed by atoms with Gasteiger partial charge in [0.15, 0.2) is 0 Å². The first-order valence-electron chi connectivity index (χ1n) is 5.89. The van der Waals surface area contributed by atoms with E-state index >= 15 is 0 Å². The van der Waals surface area contributed by atoms with Crippen molar-refractivity contribution in [3.05, 3.63) is 59.8 Å². The third-order valence-electron chi connectivity index (χ3n) is 3.21. The summed E-state index contributed by atoms with van der Waals surface area (Å²) >= 11 is 0. The number of aryl methyl sites for hydroxylation is 2. The molecule has 1 heterocycles. The molecule has 0 atom stereocenters. The molecule has 0 radical (unpaired) electrons. The fourth-order valence-corrected chi connectivity index (χ4v) is 2.51. The molecule has 1 N–H and O–H groups in total. The summed E-state index contributed by atoms with van der Waals surface area (Å²) in [6, 6.07) is 15.0. The molecule has 1 nitrogen and oxygen atoms in total. The number of fused-ring (bicyclic) bond motifs is 1. The van der Waals surface area contributed by atoms with Gasteiger partial charge in [0.2, 0.25) is 0 Å². The Labute approximate surface area is 101 Å². The van der Waals surface area contributed by atoms with Crippen molar-refractivity contribution in [1.82, 2.24) is 4.98 Å². The summed E-state index contributed by atoms with van der Waals surface area (Å²) in [4.78, 5) is 3.37. The van der Waals surface area contributed by atoms with Crippen molar-refractivity contribution in [3.8, 4) is 11.1 Å². The molecule has 2 aromatic carbocycles. The van der Waals surface area contributed by atoms with Gasteiger partial charge in [0.05, 0.1) is 0 Å². The molecule has 0 amide bonds. The highest BCUT2D eigenvalue weighted by Gasteiger charge is 2.08. The Morgan fingerprint density at radius 2 is 1.71 bits per heavy atom. The van der Waals surface area contributed by atoms with Crippen LogP contribution in [-0.2, 0) is 0 Å². The smallest absolute Gasteiger partial charge is 0.0465 e. The first kappa shape index (κ1) is 10.2. The van der Waals surface area contributed by atoms with Gasteiger partial charge in [-0.05, 0) is 36.6 Å². The predicted octanol–water partition coefficient (Wildman–Crippen LogP) is 4.45. The minimum absolute atomic E-state index is 1.22. The van der Waals surface area contributed by atoms with Gasteiger partial charge < -0.3 is 4.98 Å². The first-order chi connectivity index (χ1) is 8.25. The largest absolute Gasteiger partial charge is 0.361 e. The van der Waals surface area contributed by atoms with Crippen LogP contribution in [0.5, 0.6) is 0 Å². The molecule has 0 aliphatic carbocycles. The molecule has 0 fully saturated rings. The Kier molecular flexibility index (Phi) is 2.25. The summed E-state index contributed by atoms with van der Waals surface area (Å²) in [6.45, 7) is 4.31. The van der Waals surface area contributed by atoms with Gasteiger partial charge in [0, 0.05) is 22.7 Å². The third-order valence-corrected chi connectivity index (χ3v) is 3.21. The number of aromatic amines is 1. The number of rotatable bonds is 1. The van der Waals surface area contributed by atoms with Crippen LogP contribution >= 0.6 is 0 Å². The minimum Gasteiger partial charge on any atom is -0.361 e. The number of hydrogen-bond acceptors (Lipinski definition) is 0. The number of nitrogens with one attached hydrogen (secondary N) is 1. The van der Waals surface area contributed by atoms with E-state index in [0.29, 0.717) is 0 Å². The van der Waals surface area contributed by atoms with Crippen molar-refractivity contribution < 1.29 is 0 Å². The molecule has 0 unspecified atom stereocenters. The summed E-state index contributed by atoms with van der Waals surface area (Å²) in [5.41, 5.74) is 6.42. The SMILES string of the molecule is Cc1cc(C)c2c(-c3ccccc3)c[nH]c2c1. The van der Waals surface area contributed by atoms with E-state index in [0.717, 1.165) is 0 Å². The second-order valence-corrected chi connectivity index (χ2v) is 4.57. The average molecular weight is 221 g/mol. The van der Waals surface area contributed by atoms with Gasteiger partial charge in [-0.2, -0.15) is 0 Å². The van der Waals surface area contributed by atoms with Gasteiger partial charge in [0.1, 0.15) is 0 Å². The maximum atomic E-state index is 3.37. The molecular formula is C16H15N. The summed E-state index contributed by atoms with van der Waals surface area (Å²) < 4.78 is 0. The normalized spacial score (nSPS) is 10.9. The summed E-state index contributed by atoms with van der Waals surface area (Å²) in [5.74, 6) is 0. The van der Waals surface area contributed by atoms with Crippen LogP contribution in [0.1, 0.15) is 11.1 Å². The third kappa shape index (κ3) is 1.64. The van der Waals surface area contributed by atoms with Crippen LogP contribution in [-0.4, -0.2) is 4.98 Å². The van der Waals surface area contributed by atoms with Crippen molar-refractivity contribution in [1.29, 1.82) is 0 Å². The van der Waals surface area contributed by atoms with Crippen LogP contribution in [0.15, 0.2) is 48.7 Å². The molecule has 0 aliphatic rings. The van der Waals surface area contributed by atoms with Crippen LogP contribution in [0.2, 0.25) is 0 Å². The summed E-state index contributed by atoms with van der Waals surface area (Å²) in [6.07, 6.45) is 2.10. The maximum Gasteiger partial charge on any atom is 0.0465 e.